The lowest BCUT2D eigenvalue weighted by atomic mass is 10.1. The van der Waals surface area contributed by atoms with E-state index in [-0.39, 0.29) is 11.5 Å². The molecule has 2 aliphatic heterocycles. The molecule has 0 aromatic heterocycles. The van der Waals surface area contributed by atoms with Gasteiger partial charge in [0.2, 0.25) is 0 Å². The molecule has 0 bridgehead atoms. The van der Waals surface area contributed by atoms with Crippen LogP contribution in [0.1, 0.15) is 5.56 Å². The van der Waals surface area contributed by atoms with E-state index in [4.69, 9.17) is 0 Å². The zero-order chi connectivity index (χ0) is 15.0. The molecule has 2 heterocycles. The summed E-state index contributed by atoms with van der Waals surface area (Å²) in [6.07, 6.45) is 0. The van der Waals surface area contributed by atoms with Gasteiger partial charge in [-0.1, -0.05) is 11.8 Å². The lowest BCUT2D eigenvalue weighted by molar-refractivity contribution is -0.0498. The van der Waals surface area contributed by atoms with Gasteiger partial charge in [0.05, 0.1) is 11.4 Å². The van der Waals surface area contributed by atoms with Gasteiger partial charge < -0.3 is 9.64 Å². The normalized spacial score (nSPS) is 20.0. The summed E-state index contributed by atoms with van der Waals surface area (Å²) in [5.41, 5.74) is 1.59. The van der Waals surface area contributed by atoms with Crippen LogP contribution >= 0.6 is 11.8 Å². The Labute approximate surface area is 124 Å². The highest BCUT2D eigenvalue weighted by atomic mass is 32.2. The topological polar surface area (TPSA) is 59.0 Å². The Morgan fingerprint density at radius 3 is 2.67 bits per heavy atom. The van der Waals surface area contributed by atoms with Crippen LogP contribution in [0, 0.1) is 0 Å². The van der Waals surface area contributed by atoms with Crippen LogP contribution in [-0.2, 0) is 10.0 Å². The first-order valence-electron chi connectivity index (χ1n) is 5.97. The van der Waals surface area contributed by atoms with Gasteiger partial charge in [0.15, 0.2) is 5.17 Å². The number of ether oxygens (including phenoxy) is 1. The van der Waals surface area contributed by atoms with Gasteiger partial charge >= 0.3 is 6.61 Å². The number of thioether (sulfide) groups is 1. The van der Waals surface area contributed by atoms with E-state index in [0.717, 1.165) is 11.3 Å². The van der Waals surface area contributed by atoms with E-state index in [1.54, 1.807) is 22.4 Å². The van der Waals surface area contributed by atoms with Gasteiger partial charge in [-0.15, -0.1) is 4.40 Å². The molecule has 0 aliphatic carbocycles. The van der Waals surface area contributed by atoms with Gasteiger partial charge in [-0.3, -0.25) is 0 Å². The van der Waals surface area contributed by atoms with Crippen molar-refractivity contribution in [3.8, 4) is 5.75 Å². The number of benzene rings is 1. The van der Waals surface area contributed by atoms with Gasteiger partial charge in [0, 0.05) is 12.0 Å². The van der Waals surface area contributed by atoms with Crippen LogP contribution in [0.5, 0.6) is 5.75 Å². The molecule has 0 amide bonds. The fourth-order valence-electron chi connectivity index (χ4n) is 2.03. The summed E-state index contributed by atoms with van der Waals surface area (Å²) in [5.74, 6) is 0.0381. The number of hydrogen-bond acceptors (Lipinski definition) is 5. The van der Waals surface area contributed by atoms with Crippen LogP contribution < -0.4 is 4.74 Å². The molecule has 0 atom stereocenters. The first-order valence-corrected chi connectivity index (χ1v) is 8.46. The standard InChI is InChI=1S/C12H10F2N2O3S2/c13-11(14)19-9-3-1-8(2-4-9)10-7-20-12-15-21(17,18)6-5-16(10)12/h1-4,7,11H,5-6H2. The maximum absolute atomic E-state index is 12.1. The van der Waals surface area contributed by atoms with Crippen LogP contribution in [0.3, 0.4) is 0 Å². The highest BCUT2D eigenvalue weighted by Gasteiger charge is 2.31. The zero-order valence-corrected chi connectivity index (χ0v) is 12.2. The molecule has 0 spiro atoms. The molecule has 21 heavy (non-hydrogen) atoms. The molecule has 5 nitrogen and oxygen atoms in total. The SMILES string of the molecule is O=S1(=O)CCN2C(c3ccc(OC(F)F)cc3)=CSC2=N1. The number of rotatable bonds is 3. The number of alkyl halides is 2. The molecule has 9 heteroatoms. The highest BCUT2D eigenvalue weighted by Crippen LogP contribution is 2.35. The van der Waals surface area contributed by atoms with Gasteiger partial charge in [-0.2, -0.15) is 8.78 Å². The number of hydrogen-bond donors (Lipinski definition) is 0. The molecule has 0 saturated heterocycles. The number of fused-ring (bicyclic) bond motifs is 1. The number of nitrogens with zero attached hydrogens (tertiary/aromatic N) is 2. The quantitative estimate of drug-likeness (QED) is 0.850. The van der Waals surface area contributed by atoms with E-state index >= 15 is 0 Å². The van der Waals surface area contributed by atoms with Crippen LogP contribution in [0.2, 0.25) is 0 Å². The van der Waals surface area contributed by atoms with Gasteiger partial charge in [-0.25, -0.2) is 8.42 Å². The minimum atomic E-state index is -3.37. The zero-order valence-electron chi connectivity index (χ0n) is 10.6. The first-order chi connectivity index (χ1) is 9.94. The lowest BCUT2D eigenvalue weighted by Crippen LogP contribution is -2.34. The number of sulfonamides is 1. The maximum atomic E-state index is 12.1. The molecule has 112 valence electrons. The summed E-state index contributed by atoms with van der Waals surface area (Å²) in [6.45, 7) is -2.53. The molecule has 0 unspecified atom stereocenters. The Morgan fingerprint density at radius 2 is 2.00 bits per heavy atom. The van der Waals surface area contributed by atoms with Crippen molar-refractivity contribution in [1.29, 1.82) is 0 Å². The van der Waals surface area contributed by atoms with Crippen LogP contribution in [0.15, 0.2) is 34.1 Å². The van der Waals surface area contributed by atoms with Gasteiger partial charge in [-0.05, 0) is 29.8 Å². The Hall–Kier alpha value is -1.61. The van der Waals surface area contributed by atoms with Crippen molar-refractivity contribution in [1.82, 2.24) is 4.90 Å². The van der Waals surface area contributed by atoms with Crippen molar-refractivity contribution in [3.63, 3.8) is 0 Å². The second-order valence-corrected chi connectivity index (χ2v) is 6.93. The molecule has 2 aliphatic rings. The van der Waals surface area contributed by atoms with Crippen molar-refractivity contribution < 1.29 is 21.9 Å². The molecule has 1 aromatic carbocycles. The molecule has 0 radical (unpaired) electrons. The van der Waals surface area contributed by atoms with Gasteiger partial charge in [0.1, 0.15) is 5.75 Å². The third kappa shape index (κ3) is 3.03. The summed E-state index contributed by atoms with van der Waals surface area (Å²) in [6, 6.07) is 6.19. The molecule has 0 saturated carbocycles. The maximum Gasteiger partial charge on any atom is 0.387 e. The Morgan fingerprint density at radius 1 is 1.29 bits per heavy atom. The third-order valence-electron chi connectivity index (χ3n) is 2.96. The molecule has 1 aromatic rings. The average Bonchev–Trinajstić information content (AvgIpc) is 2.80. The third-order valence-corrected chi connectivity index (χ3v) is 5.09. The van der Waals surface area contributed by atoms with Crippen LogP contribution in [-0.4, -0.2) is 37.4 Å². The fourth-order valence-corrected chi connectivity index (χ4v) is 4.18. The summed E-state index contributed by atoms with van der Waals surface area (Å²) < 4.78 is 55.1. The predicted molar refractivity (Wildman–Crippen MR) is 76.6 cm³/mol. The largest absolute Gasteiger partial charge is 0.435 e. The first kappa shape index (κ1) is 14.3. The summed E-state index contributed by atoms with van der Waals surface area (Å²) in [4.78, 5) is 1.80. The molecule has 3 rings (SSSR count). The minimum absolute atomic E-state index is 0.0407. The molecule has 0 N–H and O–H groups in total. The molecule has 0 fully saturated rings. The highest BCUT2D eigenvalue weighted by molar-refractivity contribution is 8.17. The Bertz CT molecular complexity index is 715. The van der Waals surface area contributed by atoms with E-state index < -0.39 is 16.6 Å². The van der Waals surface area contributed by atoms with E-state index in [0.29, 0.717) is 11.7 Å². The van der Waals surface area contributed by atoms with Gasteiger partial charge in [0.25, 0.3) is 10.0 Å². The van der Waals surface area contributed by atoms with Crippen LogP contribution in [0.25, 0.3) is 5.70 Å². The predicted octanol–water partition coefficient (Wildman–Crippen LogP) is 2.33. The second kappa shape index (κ2) is 5.30. The van der Waals surface area contributed by atoms with Crippen molar-refractivity contribution in [2.24, 2.45) is 4.40 Å². The summed E-state index contributed by atoms with van der Waals surface area (Å²) >= 11 is 1.23. The number of halogens is 2. The van der Waals surface area contributed by atoms with E-state index in [9.17, 15) is 17.2 Å². The summed E-state index contributed by atoms with van der Waals surface area (Å²) in [5, 5.41) is 2.21. The molecular weight excluding hydrogens is 322 g/mol. The van der Waals surface area contributed by atoms with Crippen molar-refractivity contribution in [3.05, 3.63) is 35.2 Å². The van der Waals surface area contributed by atoms with E-state index in [1.165, 1.54) is 23.9 Å². The average molecular weight is 332 g/mol. The molecular formula is C12H10F2N2O3S2. The Balaban J connectivity index is 1.83. The fraction of sp³-hybridized carbons (Fsp3) is 0.250. The minimum Gasteiger partial charge on any atom is -0.435 e. The summed E-state index contributed by atoms with van der Waals surface area (Å²) in [7, 11) is -3.37. The monoisotopic (exact) mass is 332 g/mol. The smallest absolute Gasteiger partial charge is 0.387 e. The lowest BCUT2D eigenvalue weighted by Gasteiger charge is -2.25. The van der Waals surface area contributed by atoms with Crippen molar-refractivity contribution >= 4 is 32.6 Å². The second-order valence-electron chi connectivity index (χ2n) is 4.34. The number of amidine groups is 1. The van der Waals surface area contributed by atoms with Crippen LogP contribution in [0.4, 0.5) is 8.78 Å². The van der Waals surface area contributed by atoms with E-state index in [2.05, 4.69) is 9.13 Å². The van der Waals surface area contributed by atoms with E-state index in [1.807, 2.05) is 0 Å². The van der Waals surface area contributed by atoms with Crippen molar-refractivity contribution in [2.75, 3.05) is 12.3 Å². The van der Waals surface area contributed by atoms with Crippen molar-refractivity contribution in [2.45, 2.75) is 6.61 Å². The Kier molecular flexibility index (Phi) is 3.62.